The summed E-state index contributed by atoms with van der Waals surface area (Å²) < 4.78 is 6.83. The molecule has 0 aromatic carbocycles. The Hall–Kier alpha value is -1.04. The van der Waals surface area contributed by atoms with E-state index < -0.39 is 0 Å². The minimum absolute atomic E-state index is 0.0840. The summed E-state index contributed by atoms with van der Waals surface area (Å²) in [5.41, 5.74) is 8.15. The minimum atomic E-state index is -0.0840. The van der Waals surface area contributed by atoms with Crippen LogP contribution in [0.15, 0.2) is 11.4 Å². The standard InChI is InChI=1S/C12H16ClN3OS/c1-7-9(12(13)16(2)15-7)5-10(14)11-4-8(17-3)6-18-11/h4,6,10H,5,14H2,1-3H3. The second kappa shape index (κ2) is 5.30. The first-order valence-corrected chi connectivity index (χ1v) is 6.84. The number of aryl methyl sites for hydroxylation is 2. The first-order chi connectivity index (χ1) is 8.52. The molecular formula is C12H16ClN3OS. The Bertz CT molecular complexity index is 550. The van der Waals surface area contributed by atoms with Gasteiger partial charge in [-0.05, 0) is 19.4 Å². The summed E-state index contributed by atoms with van der Waals surface area (Å²) in [6.45, 7) is 1.95. The van der Waals surface area contributed by atoms with Gasteiger partial charge in [0.25, 0.3) is 0 Å². The lowest BCUT2D eigenvalue weighted by Crippen LogP contribution is -2.12. The predicted molar refractivity (Wildman–Crippen MR) is 74.5 cm³/mol. The fourth-order valence-corrected chi connectivity index (χ4v) is 2.97. The van der Waals surface area contributed by atoms with Crippen LogP contribution in [0.3, 0.4) is 0 Å². The monoisotopic (exact) mass is 285 g/mol. The molecule has 0 fully saturated rings. The van der Waals surface area contributed by atoms with E-state index in [1.165, 1.54) is 0 Å². The molecule has 4 nitrogen and oxygen atoms in total. The van der Waals surface area contributed by atoms with Crippen molar-refractivity contribution in [2.45, 2.75) is 19.4 Å². The van der Waals surface area contributed by atoms with E-state index in [-0.39, 0.29) is 6.04 Å². The number of hydrogen-bond donors (Lipinski definition) is 1. The average Bonchev–Trinajstić information content (AvgIpc) is 2.90. The van der Waals surface area contributed by atoms with E-state index in [0.717, 1.165) is 21.9 Å². The van der Waals surface area contributed by atoms with Crippen molar-refractivity contribution in [3.8, 4) is 5.75 Å². The number of nitrogens with two attached hydrogens (primary N) is 1. The third-order valence-electron chi connectivity index (χ3n) is 2.89. The van der Waals surface area contributed by atoms with E-state index in [4.69, 9.17) is 22.1 Å². The highest BCUT2D eigenvalue weighted by atomic mass is 35.5. The third kappa shape index (κ3) is 2.53. The molecule has 0 aliphatic carbocycles. The molecule has 2 heterocycles. The van der Waals surface area contributed by atoms with E-state index in [2.05, 4.69) is 5.10 Å². The number of ether oxygens (including phenoxy) is 1. The van der Waals surface area contributed by atoms with Gasteiger partial charge in [-0.1, -0.05) is 11.6 Å². The lowest BCUT2D eigenvalue weighted by Gasteiger charge is -2.09. The molecule has 0 amide bonds. The molecule has 0 aliphatic rings. The van der Waals surface area contributed by atoms with E-state index in [1.807, 2.05) is 25.4 Å². The van der Waals surface area contributed by atoms with Gasteiger partial charge in [0.2, 0.25) is 0 Å². The van der Waals surface area contributed by atoms with Gasteiger partial charge < -0.3 is 10.5 Å². The number of nitrogens with zero attached hydrogens (tertiary/aromatic N) is 2. The largest absolute Gasteiger partial charge is 0.496 e. The highest BCUT2D eigenvalue weighted by molar-refractivity contribution is 7.10. The Morgan fingerprint density at radius 3 is 2.83 bits per heavy atom. The second-order valence-electron chi connectivity index (χ2n) is 4.18. The number of halogens is 1. The molecular weight excluding hydrogens is 270 g/mol. The molecule has 6 heteroatoms. The first-order valence-electron chi connectivity index (χ1n) is 5.59. The molecule has 1 unspecified atom stereocenters. The van der Waals surface area contributed by atoms with Gasteiger partial charge in [0.15, 0.2) is 0 Å². The summed E-state index contributed by atoms with van der Waals surface area (Å²) in [6, 6.07) is 1.88. The third-order valence-corrected chi connectivity index (χ3v) is 4.41. The molecule has 2 aromatic heterocycles. The maximum atomic E-state index is 6.20. The van der Waals surface area contributed by atoms with Gasteiger partial charge in [-0.15, -0.1) is 11.3 Å². The molecule has 1 atom stereocenters. The van der Waals surface area contributed by atoms with Gasteiger partial charge in [0, 0.05) is 28.9 Å². The molecule has 2 rings (SSSR count). The summed E-state index contributed by atoms with van der Waals surface area (Å²) in [6.07, 6.45) is 0.683. The Balaban J connectivity index is 2.18. The Kier molecular flexibility index (Phi) is 3.94. The van der Waals surface area contributed by atoms with Crippen LogP contribution in [-0.4, -0.2) is 16.9 Å². The average molecular weight is 286 g/mol. The van der Waals surface area contributed by atoms with Crippen LogP contribution in [0.5, 0.6) is 5.75 Å². The number of thiophene rings is 1. The zero-order valence-corrected chi connectivity index (χ0v) is 12.2. The summed E-state index contributed by atoms with van der Waals surface area (Å²) in [4.78, 5) is 1.09. The van der Waals surface area contributed by atoms with Crippen molar-refractivity contribution in [1.82, 2.24) is 9.78 Å². The number of methoxy groups -OCH3 is 1. The molecule has 0 saturated heterocycles. The Labute approximate surface area is 115 Å². The highest BCUT2D eigenvalue weighted by Crippen LogP contribution is 2.30. The zero-order chi connectivity index (χ0) is 13.3. The van der Waals surface area contributed by atoms with Crippen LogP contribution in [0.4, 0.5) is 0 Å². The van der Waals surface area contributed by atoms with Crippen LogP contribution in [0.2, 0.25) is 5.15 Å². The summed E-state index contributed by atoms with van der Waals surface area (Å²) in [5, 5.41) is 6.90. The van der Waals surface area contributed by atoms with Gasteiger partial charge in [-0.25, -0.2) is 0 Å². The summed E-state index contributed by atoms with van der Waals surface area (Å²) in [5.74, 6) is 0.847. The molecule has 2 aromatic rings. The normalized spacial score (nSPS) is 12.7. The number of aromatic nitrogens is 2. The predicted octanol–water partition coefficient (Wildman–Crippen LogP) is 2.69. The summed E-state index contributed by atoms with van der Waals surface area (Å²) in [7, 11) is 3.48. The van der Waals surface area contributed by atoms with E-state index in [0.29, 0.717) is 11.6 Å². The zero-order valence-electron chi connectivity index (χ0n) is 10.6. The van der Waals surface area contributed by atoms with Gasteiger partial charge in [-0.2, -0.15) is 5.10 Å². The van der Waals surface area contributed by atoms with Crippen LogP contribution in [0, 0.1) is 6.92 Å². The molecule has 0 spiro atoms. The van der Waals surface area contributed by atoms with Gasteiger partial charge >= 0.3 is 0 Å². The van der Waals surface area contributed by atoms with Crippen molar-refractivity contribution < 1.29 is 4.74 Å². The van der Waals surface area contributed by atoms with Crippen molar-refractivity contribution in [2.24, 2.45) is 12.8 Å². The number of hydrogen-bond acceptors (Lipinski definition) is 4. The second-order valence-corrected chi connectivity index (χ2v) is 5.48. The molecule has 0 bridgehead atoms. The van der Waals surface area contributed by atoms with E-state index >= 15 is 0 Å². The number of rotatable bonds is 4. The van der Waals surface area contributed by atoms with Gasteiger partial charge in [-0.3, -0.25) is 4.68 Å². The smallest absolute Gasteiger partial charge is 0.130 e. The molecule has 0 aliphatic heterocycles. The van der Waals surface area contributed by atoms with Crippen LogP contribution in [-0.2, 0) is 13.5 Å². The van der Waals surface area contributed by atoms with Crippen molar-refractivity contribution in [1.29, 1.82) is 0 Å². The van der Waals surface area contributed by atoms with Crippen LogP contribution >= 0.6 is 22.9 Å². The van der Waals surface area contributed by atoms with Crippen molar-refractivity contribution in [3.05, 3.63) is 32.7 Å². The maximum absolute atomic E-state index is 6.20. The van der Waals surface area contributed by atoms with Crippen molar-refractivity contribution in [2.75, 3.05) is 7.11 Å². The molecule has 98 valence electrons. The van der Waals surface area contributed by atoms with Gasteiger partial charge in [0.05, 0.1) is 12.8 Å². The van der Waals surface area contributed by atoms with Crippen LogP contribution in [0.1, 0.15) is 22.2 Å². The van der Waals surface area contributed by atoms with Crippen LogP contribution < -0.4 is 10.5 Å². The van der Waals surface area contributed by atoms with Crippen molar-refractivity contribution in [3.63, 3.8) is 0 Å². The Morgan fingerprint density at radius 2 is 2.33 bits per heavy atom. The van der Waals surface area contributed by atoms with Gasteiger partial charge in [0.1, 0.15) is 10.9 Å². The quantitative estimate of drug-likeness (QED) is 0.940. The van der Waals surface area contributed by atoms with Crippen LogP contribution in [0.25, 0.3) is 0 Å². The SMILES string of the molecule is COc1csc(C(N)Cc2c(C)nn(C)c2Cl)c1. The van der Waals surface area contributed by atoms with E-state index in [9.17, 15) is 0 Å². The molecule has 18 heavy (non-hydrogen) atoms. The summed E-state index contributed by atoms with van der Waals surface area (Å²) >= 11 is 7.80. The maximum Gasteiger partial charge on any atom is 0.130 e. The molecule has 0 radical (unpaired) electrons. The fraction of sp³-hybridized carbons (Fsp3) is 0.417. The van der Waals surface area contributed by atoms with Crippen molar-refractivity contribution >= 4 is 22.9 Å². The fourth-order valence-electron chi connectivity index (χ4n) is 1.86. The lowest BCUT2D eigenvalue weighted by atomic mass is 10.1. The minimum Gasteiger partial charge on any atom is -0.496 e. The highest BCUT2D eigenvalue weighted by Gasteiger charge is 2.17. The molecule has 2 N–H and O–H groups in total. The Morgan fingerprint density at radius 1 is 1.61 bits per heavy atom. The lowest BCUT2D eigenvalue weighted by molar-refractivity contribution is 0.416. The first kappa shape index (κ1) is 13.4. The molecule has 0 saturated carbocycles. The topological polar surface area (TPSA) is 53.1 Å². The van der Waals surface area contributed by atoms with E-state index in [1.54, 1.807) is 23.1 Å².